The second kappa shape index (κ2) is 25.9. The molecule has 72 heavy (non-hydrogen) atoms. The number of aliphatic imine (C=N–C) groups is 1. The number of amides is 6. The highest BCUT2D eigenvalue weighted by Crippen LogP contribution is 2.44. The summed E-state index contributed by atoms with van der Waals surface area (Å²) >= 11 is 0. The third-order valence-corrected chi connectivity index (χ3v) is 11.7. The van der Waals surface area contributed by atoms with Crippen LogP contribution in [-0.4, -0.2) is 130 Å². The van der Waals surface area contributed by atoms with Crippen molar-refractivity contribution < 1.29 is 63.2 Å². The van der Waals surface area contributed by atoms with Crippen molar-refractivity contribution in [2.75, 3.05) is 19.7 Å². The van der Waals surface area contributed by atoms with E-state index in [-0.39, 0.29) is 56.6 Å². The number of aromatic amines is 1. The molecule has 3 aromatic carbocycles. The molecule has 0 bridgehead atoms. The van der Waals surface area contributed by atoms with Gasteiger partial charge in [-0.15, -0.1) is 0 Å². The number of nitrogens with one attached hydrogen (secondary N) is 7. The number of alkyl carbamates (subject to hydrolysis) is 1. The summed E-state index contributed by atoms with van der Waals surface area (Å²) in [7, 11) is 0. The maximum absolute atomic E-state index is 14.3. The van der Waals surface area contributed by atoms with Crippen molar-refractivity contribution in [3.8, 4) is 11.1 Å². The maximum Gasteiger partial charge on any atom is 0.407 e. The van der Waals surface area contributed by atoms with Gasteiger partial charge in [0.2, 0.25) is 29.5 Å². The molecule has 5 atom stereocenters. The fourth-order valence-corrected chi connectivity index (χ4v) is 8.25. The van der Waals surface area contributed by atoms with Gasteiger partial charge < -0.3 is 68.4 Å². The van der Waals surface area contributed by atoms with E-state index in [1.165, 1.54) is 0 Å². The molecular weight excluding hydrogens is 937 g/mol. The second-order valence-corrected chi connectivity index (χ2v) is 17.6. The van der Waals surface area contributed by atoms with Gasteiger partial charge in [-0.1, -0.05) is 80.6 Å². The van der Waals surface area contributed by atoms with Crippen molar-refractivity contribution in [2.24, 2.45) is 22.4 Å². The minimum Gasteiger partial charge on any atom is -0.481 e. The Balaban J connectivity index is 1.28. The van der Waals surface area contributed by atoms with Crippen LogP contribution in [0.5, 0.6) is 0 Å². The number of carbonyl (C=O) groups is 9. The smallest absolute Gasteiger partial charge is 0.407 e. The molecule has 0 fully saturated rings. The van der Waals surface area contributed by atoms with Crippen LogP contribution in [0.3, 0.4) is 0 Å². The molecular formula is C49H60N10O13. The van der Waals surface area contributed by atoms with Gasteiger partial charge in [-0.05, 0) is 65.5 Å². The number of aromatic nitrogens is 1. The van der Waals surface area contributed by atoms with Gasteiger partial charge in [0.05, 0.1) is 13.0 Å². The van der Waals surface area contributed by atoms with Gasteiger partial charge in [-0.25, -0.2) is 9.59 Å². The Hall–Kier alpha value is -8.50. The molecule has 0 spiro atoms. The highest BCUT2D eigenvalue weighted by molar-refractivity contribution is 5.96. The number of ether oxygens (including phenoxy) is 1. The van der Waals surface area contributed by atoms with Crippen LogP contribution in [0.15, 0.2) is 84.0 Å². The van der Waals surface area contributed by atoms with Gasteiger partial charge in [0.25, 0.3) is 0 Å². The summed E-state index contributed by atoms with van der Waals surface area (Å²) in [6, 6.07) is 15.5. The lowest BCUT2D eigenvalue weighted by atomic mass is 9.98. The van der Waals surface area contributed by atoms with Crippen LogP contribution in [0.25, 0.3) is 22.0 Å². The largest absolute Gasteiger partial charge is 0.481 e. The summed E-state index contributed by atoms with van der Waals surface area (Å²) < 4.78 is 5.80. The average molecular weight is 997 g/mol. The number of benzene rings is 3. The van der Waals surface area contributed by atoms with Crippen molar-refractivity contribution in [1.82, 2.24) is 36.9 Å². The second-order valence-electron chi connectivity index (χ2n) is 17.6. The standard InChI is InChI=1S/C49H60N10O13/c1-26(2)20-37(43(65)54-24-40(60)55-35(16-9-19-52-48(50)51)44(66)56-36(17-18-41(61)62)45(67)58-39(47(69)70)22-42(63)64)57-46(68)38(21-27-23-53-34-15-8-7-10-28(27)34)59-49(71)72-25-33-31-13-5-3-11-29(31)30-12-4-6-14-32(30)33/h3-8,10-15,23,26,33,35-39,53H,9,16-22,24-25H2,1-2H3,(H,54,65)(H,55,60)(H,56,66)(H,57,68)(H,58,67)(H,59,71)(H,61,62)(H,63,64)(H,69,70)(H4,50,51,52)/t35-,36-,37+,38-,39-/m0/s1. The minimum absolute atomic E-state index is 0.00754. The first-order valence-corrected chi connectivity index (χ1v) is 23.2. The fraction of sp³-hybridized carbons (Fsp3) is 0.388. The summed E-state index contributed by atoms with van der Waals surface area (Å²) in [6.45, 7) is 2.85. The molecule has 0 unspecified atom stereocenters. The van der Waals surface area contributed by atoms with Crippen molar-refractivity contribution >= 4 is 70.4 Å². The predicted molar refractivity (Wildman–Crippen MR) is 261 cm³/mol. The van der Waals surface area contributed by atoms with Crippen LogP contribution in [0.1, 0.15) is 75.0 Å². The number of carboxylic acids is 3. The summed E-state index contributed by atoms with van der Waals surface area (Å²) in [5.74, 6) is -9.97. The molecule has 14 N–H and O–H groups in total. The summed E-state index contributed by atoms with van der Waals surface area (Å²) in [5.41, 5.74) is 16.4. The SMILES string of the molecule is CC(C)C[C@@H](NC(=O)[C@H](Cc1c[nH]c2ccccc12)NC(=O)OCC1c2ccccc2-c2ccccc21)C(=O)NCC(=O)N[C@@H](CCCN=C(N)N)C(=O)N[C@@H](CCC(=O)O)C(=O)N[C@@H](CC(=O)O)C(=O)O. The number of hydrogen-bond acceptors (Lipinski definition) is 11. The molecule has 1 aromatic heterocycles. The Labute approximate surface area is 413 Å². The predicted octanol–water partition coefficient (Wildman–Crippen LogP) is 1.20. The molecule has 0 radical (unpaired) electrons. The first kappa shape index (κ1) is 54.4. The molecule has 23 nitrogen and oxygen atoms in total. The molecule has 0 saturated carbocycles. The molecule has 0 saturated heterocycles. The molecule has 1 heterocycles. The van der Waals surface area contributed by atoms with Crippen LogP contribution >= 0.6 is 0 Å². The first-order chi connectivity index (χ1) is 34.3. The zero-order valence-electron chi connectivity index (χ0n) is 39.6. The monoisotopic (exact) mass is 996 g/mol. The summed E-state index contributed by atoms with van der Waals surface area (Å²) in [4.78, 5) is 123. The van der Waals surface area contributed by atoms with E-state index in [9.17, 15) is 53.4 Å². The molecule has 23 heteroatoms. The van der Waals surface area contributed by atoms with E-state index in [4.69, 9.17) is 21.3 Å². The van der Waals surface area contributed by atoms with Gasteiger partial charge in [-0.2, -0.15) is 0 Å². The number of rotatable bonds is 27. The quantitative estimate of drug-likeness (QED) is 0.0227. The zero-order valence-corrected chi connectivity index (χ0v) is 39.6. The van der Waals surface area contributed by atoms with E-state index in [1.54, 1.807) is 20.0 Å². The minimum atomic E-state index is -1.93. The zero-order chi connectivity index (χ0) is 52.5. The van der Waals surface area contributed by atoms with E-state index in [1.807, 2.05) is 78.1 Å². The number of carboxylic acid groups (broad SMARTS) is 3. The fourth-order valence-electron chi connectivity index (χ4n) is 8.25. The van der Waals surface area contributed by atoms with Crippen LogP contribution in [0.4, 0.5) is 4.79 Å². The van der Waals surface area contributed by atoms with Gasteiger partial charge in [0.1, 0.15) is 36.8 Å². The van der Waals surface area contributed by atoms with Crippen LogP contribution in [-0.2, 0) is 49.5 Å². The highest BCUT2D eigenvalue weighted by atomic mass is 16.5. The average Bonchev–Trinajstić information content (AvgIpc) is 3.89. The number of H-pyrrole nitrogens is 1. The Morgan fingerprint density at radius 3 is 1.88 bits per heavy atom. The van der Waals surface area contributed by atoms with E-state index >= 15 is 0 Å². The first-order valence-electron chi connectivity index (χ1n) is 23.2. The molecule has 6 amide bonds. The Morgan fingerprint density at radius 1 is 0.681 bits per heavy atom. The molecule has 5 rings (SSSR count). The number of carbonyl (C=O) groups excluding carboxylic acids is 6. The molecule has 0 aliphatic heterocycles. The Bertz CT molecular complexity index is 2620. The van der Waals surface area contributed by atoms with Gasteiger partial charge in [0.15, 0.2) is 5.96 Å². The van der Waals surface area contributed by atoms with Crippen LogP contribution in [0.2, 0.25) is 0 Å². The van der Waals surface area contributed by atoms with E-state index < -0.39 is 110 Å². The summed E-state index contributed by atoms with van der Waals surface area (Å²) in [6.07, 6.45) is -1.39. The van der Waals surface area contributed by atoms with Gasteiger partial charge in [-0.3, -0.25) is 38.6 Å². The van der Waals surface area contributed by atoms with Crippen LogP contribution in [0, 0.1) is 5.92 Å². The Morgan fingerprint density at radius 2 is 1.26 bits per heavy atom. The van der Waals surface area contributed by atoms with Crippen molar-refractivity contribution in [3.05, 3.63) is 95.7 Å². The van der Waals surface area contributed by atoms with E-state index in [0.717, 1.165) is 33.2 Å². The number of guanidine groups is 1. The lowest BCUT2D eigenvalue weighted by Gasteiger charge is -2.25. The number of hydrogen-bond donors (Lipinski definition) is 12. The van der Waals surface area contributed by atoms with E-state index in [2.05, 4.69) is 36.6 Å². The van der Waals surface area contributed by atoms with Crippen molar-refractivity contribution in [2.45, 2.75) is 94.9 Å². The summed E-state index contributed by atoms with van der Waals surface area (Å²) in [5, 5.41) is 43.3. The third-order valence-electron chi connectivity index (χ3n) is 11.7. The number of nitrogens with two attached hydrogens (primary N) is 2. The van der Waals surface area contributed by atoms with Crippen molar-refractivity contribution in [3.63, 3.8) is 0 Å². The van der Waals surface area contributed by atoms with Gasteiger partial charge in [0, 0.05) is 42.4 Å². The number of para-hydroxylation sites is 1. The number of fused-ring (bicyclic) bond motifs is 4. The Kier molecular flexibility index (Phi) is 19.6. The van der Waals surface area contributed by atoms with Crippen LogP contribution < -0.4 is 43.4 Å². The molecule has 1 aliphatic rings. The molecule has 4 aromatic rings. The number of nitrogens with zero attached hydrogens (tertiary/aromatic N) is 1. The van der Waals surface area contributed by atoms with E-state index in [0.29, 0.717) is 5.56 Å². The normalized spacial score (nSPS) is 13.7. The van der Waals surface area contributed by atoms with Crippen molar-refractivity contribution in [1.29, 1.82) is 0 Å². The highest BCUT2D eigenvalue weighted by Gasteiger charge is 2.34. The number of aliphatic carboxylic acids is 3. The maximum atomic E-state index is 14.3. The molecule has 384 valence electrons. The third kappa shape index (κ3) is 15.8. The topological polar surface area (TPSA) is 376 Å². The molecule has 1 aliphatic carbocycles. The lowest BCUT2D eigenvalue weighted by molar-refractivity contribution is -0.147. The van der Waals surface area contributed by atoms with Gasteiger partial charge >= 0.3 is 24.0 Å². The lowest BCUT2D eigenvalue weighted by Crippen LogP contribution is -2.57.